The molecule has 1 fully saturated rings. The lowest BCUT2D eigenvalue weighted by Crippen LogP contribution is -2.28. The van der Waals surface area contributed by atoms with Crippen molar-refractivity contribution < 1.29 is 22.0 Å². The summed E-state index contributed by atoms with van der Waals surface area (Å²) >= 11 is 8.69. The van der Waals surface area contributed by atoms with Crippen LogP contribution in [-0.4, -0.2) is 36.0 Å². The largest absolute Gasteiger partial charge is 0.313 e. The molecule has 0 aromatic carbocycles. The summed E-state index contributed by atoms with van der Waals surface area (Å²) in [6.07, 6.45) is -0.606. The van der Waals surface area contributed by atoms with Gasteiger partial charge < -0.3 is 0 Å². The van der Waals surface area contributed by atoms with Crippen LogP contribution >= 0.6 is 27.5 Å². The highest BCUT2D eigenvalue weighted by Gasteiger charge is 2.42. The first-order valence-corrected chi connectivity index (χ1v) is 7.97. The van der Waals surface area contributed by atoms with Crippen LogP contribution in [0.4, 0.5) is 15.4 Å². The minimum Gasteiger partial charge on any atom is -0.290 e. The van der Waals surface area contributed by atoms with E-state index in [-0.39, 0.29) is 9.63 Å². The molecule has 1 saturated heterocycles. The second kappa shape index (κ2) is 5.46. The first-order valence-electron chi connectivity index (χ1n) is 5.35. The van der Waals surface area contributed by atoms with Crippen LogP contribution in [0, 0.1) is 10.1 Å². The van der Waals surface area contributed by atoms with Crippen LogP contribution in [0.1, 0.15) is 6.42 Å². The predicted octanol–water partition coefficient (Wildman–Crippen LogP) is 1.81. The molecule has 1 unspecified atom stereocenters. The van der Waals surface area contributed by atoms with Crippen molar-refractivity contribution in [1.82, 2.24) is 4.98 Å². The number of nitro groups is 1. The number of rotatable bonds is 3. The fraction of sp³-hybridized carbons (Fsp3) is 0.333. The van der Waals surface area contributed by atoms with E-state index in [0.29, 0.717) is 0 Å². The van der Waals surface area contributed by atoms with Crippen molar-refractivity contribution in [2.75, 3.05) is 11.4 Å². The summed E-state index contributed by atoms with van der Waals surface area (Å²) in [6.45, 7) is -0.552. The topological polar surface area (TPSA) is 110 Å². The van der Waals surface area contributed by atoms with Crippen molar-refractivity contribution in [3.05, 3.63) is 25.8 Å². The van der Waals surface area contributed by atoms with Gasteiger partial charge in [0.2, 0.25) is 11.7 Å². The summed E-state index contributed by atoms with van der Waals surface area (Å²) in [7, 11) is -4.93. The number of halogens is 3. The zero-order chi connectivity index (χ0) is 15.9. The van der Waals surface area contributed by atoms with Gasteiger partial charge in [-0.25, -0.2) is 4.98 Å². The summed E-state index contributed by atoms with van der Waals surface area (Å²) in [5, 5.41) is 9.28. The van der Waals surface area contributed by atoms with Gasteiger partial charge in [0.15, 0.2) is 0 Å². The highest BCUT2D eigenvalue weighted by molar-refractivity contribution is 9.10. The van der Waals surface area contributed by atoms with Crippen molar-refractivity contribution in [1.29, 1.82) is 0 Å². The average Bonchev–Trinajstić information content (AvgIpc) is 2.74. The Labute approximate surface area is 131 Å². The summed E-state index contributed by atoms with van der Waals surface area (Å²) in [5.74, 6) is -1.19. The fourth-order valence-electron chi connectivity index (χ4n) is 1.85. The fourth-order valence-corrected chi connectivity index (χ4v) is 2.96. The molecule has 114 valence electrons. The lowest BCUT2D eigenvalue weighted by Gasteiger charge is -2.15. The van der Waals surface area contributed by atoms with Gasteiger partial charge in [-0.2, -0.15) is 8.42 Å². The molecule has 2 heterocycles. The zero-order valence-electron chi connectivity index (χ0n) is 9.99. The van der Waals surface area contributed by atoms with Gasteiger partial charge in [0.05, 0.1) is 9.40 Å². The molecule has 0 saturated carbocycles. The third-order valence-electron chi connectivity index (χ3n) is 2.83. The molecular formula is C9H6BrClFN3O5S. The number of anilines is 1. The predicted molar refractivity (Wildman–Crippen MR) is 74.4 cm³/mol. The van der Waals surface area contributed by atoms with E-state index in [9.17, 15) is 27.2 Å². The van der Waals surface area contributed by atoms with Gasteiger partial charge in [-0.15, -0.1) is 3.89 Å². The molecule has 8 nitrogen and oxygen atoms in total. The lowest BCUT2D eigenvalue weighted by molar-refractivity contribution is -0.384. The van der Waals surface area contributed by atoms with Gasteiger partial charge in [-0.3, -0.25) is 19.8 Å². The molecular weight excluding hydrogens is 397 g/mol. The van der Waals surface area contributed by atoms with E-state index in [4.69, 9.17) is 11.6 Å². The Bertz CT molecular complexity index is 743. The monoisotopic (exact) mass is 401 g/mol. The van der Waals surface area contributed by atoms with E-state index < -0.39 is 50.8 Å². The second-order valence-electron chi connectivity index (χ2n) is 4.17. The Balaban J connectivity index is 2.50. The minimum absolute atomic E-state index is 0.140. The molecule has 2 rings (SSSR count). The first kappa shape index (κ1) is 16.0. The van der Waals surface area contributed by atoms with E-state index in [1.807, 2.05) is 0 Å². The van der Waals surface area contributed by atoms with Crippen molar-refractivity contribution in [3.63, 3.8) is 0 Å². The zero-order valence-corrected chi connectivity index (χ0v) is 13.2. The SMILES string of the molecule is O=C1CC(S(=O)(=O)F)CN1c1nc(Cl)c(Br)cc1[N+](=O)[O-]. The summed E-state index contributed by atoms with van der Waals surface area (Å²) in [6, 6.07) is 1.04. The number of hydrogen-bond donors (Lipinski definition) is 0. The Morgan fingerprint density at radius 3 is 2.67 bits per heavy atom. The van der Waals surface area contributed by atoms with Gasteiger partial charge in [-0.1, -0.05) is 11.6 Å². The molecule has 0 spiro atoms. The number of hydrogen-bond acceptors (Lipinski definition) is 6. The number of pyridine rings is 1. The van der Waals surface area contributed by atoms with Crippen LogP contribution in [0.15, 0.2) is 10.5 Å². The molecule has 21 heavy (non-hydrogen) atoms. The molecule has 0 N–H and O–H groups in total. The average molecular weight is 403 g/mol. The van der Waals surface area contributed by atoms with Crippen molar-refractivity contribution in [3.8, 4) is 0 Å². The summed E-state index contributed by atoms with van der Waals surface area (Å²) in [5.41, 5.74) is -0.545. The highest BCUT2D eigenvalue weighted by Crippen LogP contribution is 2.36. The Morgan fingerprint density at radius 1 is 1.57 bits per heavy atom. The maximum absolute atomic E-state index is 13.0. The van der Waals surface area contributed by atoms with Crippen molar-refractivity contribution in [2.45, 2.75) is 11.7 Å². The molecule has 1 aliphatic heterocycles. The Hall–Kier alpha value is -1.33. The van der Waals surface area contributed by atoms with E-state index in [2.05, 4.69) is 20.9 Å². The maximum Gasteiger partial charge on any atom is 0.313 e. The summed E-state index contributed by atoms with van der Waals surface area (Å²) < 4.78 is 34.8. The standard InChI is InChI=1S/C9H6BrClFN3O5S/c10-5-2-6(15(17)18)9(13-8(5)11)14-3-4(1-7(14)16)21(12,19)20/h2,4H,1,3H2. The second-order valence-corrected chi connectivity index (χ2v) is 7.00. The molecule has 1 aliphatic rings. The van der Waals surface area contributed by atoms with E-state index in [1.54, 1.807) is 0 Å². The molecule has 1 atom stereocenters. The minimum atomic E-state index is -4.93. The first-order chi connectivity index (χ1) is 9.61. The van der Waals surface area contributed by atoms with Gasteiger partial charge in [0, 0.05) is 19.0 Å². The summed E-state index contributed by atoms with van der Waals surface area (Å²) in [4.78, 5) is 26.4. The molecule has 0 bridgehead atoms. The number of carbonyl (C=O) groups excluding carboxylic acids is 1. The smallest absolute Gasteiger partial charge is 0.290 e. The van der Waals surface area contributed by atoms with E-state index in [0.717, 1.165) is 11.0 Å². The quantitative estimate of drug-likeness (QED) is 0.330. The highest BCUT2D eigenvalue weighted by atomic mass is 79.9. The molecule has 0 aliphatic carbocycles. The third kappa shape index (κ3) is 3.14. The van der Waals surface area contributed by atoms with Gasteiger partial charge in [0.25, 0.3) is 0 Å². The van der Waals surface area contributed by atoms with Crippen LogP contribution < -0.4 is 4.90 Å². The molecule has 1 aromatic heterocycles. The van der Waals surface area contributed by atoms with Crippen LogP contribution in [0.5, 0.6) is 0 Å². The van der Waals surface area contributed by atoms with Crippen LogP contribution in [-0.2, 0) is 15.0 Å². The van der Waals surface area contributed by atoms with Gasteiger partial charge in [-0.05, 0) is 15.9 Å². The molecule has 1 amide bonds. The van der Waals surface area contributed by atoms with Crippen molar-refractivity contribution in [2.24, 2.45) is 0 Å². The number of aromatic nitrogens is 1. The van der Waals surface area contributed by atoms with Crippen LogP contribution in [0.3, 0.4) is 0 Å². The number of amides is 1. The van der Waals surface area contributed by atoms with Gasteiger partial charge >= 0.3 is 15.9 Å². The van der Waals surface area contributed by atoms with Gasteiger partial charge in [0.1, 0.15) is 10.4 Å². The maximum atomic E-state index is 13.0. The molecule has 12 heteroatoms. The van der Waals surface area contributed by atoms with Crippen LogP contribution in [0.25, 0.3) is 0 Å². The number of carbonyl (C=O) groups is 1. The normalized spacial score (nSPS) is 19.1. The van der Waals surface area contributed by atoms with Crippen LogP contribution in [0.2, 0.25) is 5.15 Å². The van der Waals surface area contributed by atoms with E-state index in [1.165, 1.54) is 0 Å². The van der Waals surface area contributed by atoms with E-state index >= 15 is 0 Å². The number of nitrogens with zero attached hydrogens (tertiary/aromatic N) is 3. The molecule has 1 aromatic rings. The third-order valence-corrected chi connectivity index (χ3v) is 5.07. The lowest BCUT2D eigenvalue weighted by atomic mass is 10.3. The van der Waals surface area contributed by atoms with Crippen molar-refractivity contribution >= 4 is 55.2 Å². The Morgan fingerprint density at radius 2 is 2.19 bits per heavy atom. The molecule has 0 radical (unpaired) electrons. The Kier molecular flexibility index (Phi) is 4.17.